The molecule has 0 spiro atoms. The smallest absolute Gasteiger partial charge is 0.330 e. The van der Waals surface area contributed by atoms with E-state index in [1.165, 1.54) is 9.47 Å². The van der Waals surface area contributed by atoms with Crippen LogP contribution in [0.3, 0.4) is 0 Å². The minimum Gasteiger partial charge on any atom is -0.385 e. The summed E-state index contributed by atoms with van der Waals surface area (Å²) in [6.45, 7) is 4.45. The second-order valence-corrected chi connectivity index (χ2v) is 6.66. The molecular weight excluding hydrogens is 372 g/mol. The van der Waals surface area contributed by atoms with Crippen molar-refractivity contribution in [2.45, 2.75) is 33.2 Å². The molecule has 0 saturated heterocycles. The van der Waals surface area contributed by atoms with Gasteiger partial charge in [0.1, 0.15) is 5.82 Å². The Hall–Kier alpha value is -3.13. The number of nitrogens with two attached hydrogens (primary N) is 1. The minimum atomic E-state index is -0.688. The largest absolute Gasteiger partial charge is 0.385 e. The van der Waals surface area contributed by atoms with Crippen LogP contribution in [0.4, 0.5) is 11.5 Å². The molecule has 1 heterocycles. The van der Waals surface area contributed by atoms with Gasteiger partial charge in [-0.05, 0) is 25.3 Å². The van der Waals surface area contributed by atoms with E-state index in [1.54, 1.807) is 20.1 Å². The van der Waals surface area contributed by atoms with Gasteiger partial charge >= 0.3 is 5.69 Å². The minimum absolute atomic E-state index is 0.0227. The average molecular weight is 400 g/mol. The summed E-state index contributed by atoms with van der Waals surface area (Å²) < 4.78 is 6.34. The van der Waals surface area contributed by atoms with Crippen molar-refractivity contribution in [2.24, 2.45) is 0 Å². The molecule has 0 fully saturated rings. The lowest BCUT2D eigenvalue weighted by molar-refractivity contribution is -0.115. The standard InChI is InChI=1S/C21H28N4O4/c1-4-9-15(2)20(27)24(12-8-13-29-3)17-18(22)25(21(28)23-19(17)26)14-16-10-6-5-7-11-16/h5-7,9-11H,4,8,12-14,22H2,1-3H3,(H,23,26,28). The maximum atomic E-state index is 13.0. The third kappa shape index (κ3) is 5.45. The number of hydrogen-bond donors (Lipinski definition) is 2. The molecule has 0 radical (unpaired) electrons. The molecule has 156 valence electrons. The van der Waals surface area contributed by atoms with Crippen molar-refractivity contribution in [1.29, 1.82) is 0 Å². The summed E-state index contributed by atoms with van der Waals surface area (Å²) in [5.74, 6) is -0.372. The second kappa shape index (κ2) is 10.4. The van der Waals surface area contributed by atoms with Gasteiger partial charge in [0.15, 0.2) is 5.69 Å². The van der Waals surface area contributed by atoms with E-state index in [-0.39, 0.29) is 30.5 Å². The van der Waals surface area contributed by atoms with Crippen LogP contribution >= 0.6 is 0 Å². The first-order chi connectivity index (χ1) is 13.9. The molecular formula is C21H28N4O4. The quantitative estimate of drug-likeness (QED) is 0.493. The Kier molecular flexibility index (Phi) is 7.97. The van der Waals surface area contributed by atoms with Crippen LogP contribution in [-0.4, -0.2) is 35.7 Å². The fourth-order valence-corrected chi connectivity index (χ4v) is 3.05. The predicted molar refractivity (Wildman–Crippen MR) is 114 cm³/mol. The zero-order valence-electron chi connectivity index (χ0n) is 17.1. The maximum Gasteiger partial charge on any atom is 0.330 e. The van der Waals surface area contributed by atoms with Gasteiger partial charge in [-0.2, -0.15) is 0 Å². The van der Waals surface area contributed by atoms with Gasteiger partial charge in [-0.15, -0.1) is 0 Å². The van der Waals surface area contributed by atoms with Crippen LogP contribution in [-0.2, 0) is 16.1 Å². The summed E-state index contributed by atoms with van der Waals surface area (Å²) in [5.41, 5.74) is 6.27. The van der Waals surface area contributed by atoms with Gasteiger partial charge < -0.3 is 15.4 Å². The molecule has 8 heteroatoms. The Bertz CT molecular complexity index is 976. The SMILES string of the molecule is CCC=C(C)C(=O)N(CCCOC)c1c(N)n(Cc2ccccc2)c(=O)[nH]c1=O. The molecule has 0 saturated carbocycles. The number of rotatable bonds is 9. The van der Waals surface area contributed by atoms with E-state index >= 15 is 0 Å². The molecule has 1 aromatic heterocycles. The Morgan fingerprint density at radius 3 is 2.59 bits per heavy atom. The van der Waals surface area contributed by atoms with Crippen LogP contribution in [0.1, 0.15) is 32.3 Å². The lowest BCUT2D eigenvalue weighted by Crippen LogP contribution is -2.42. The number of aromatic nitrogens is 2. The topological polar surface area (TPSA) is 110 Å². The Morgan fingerprint density at radius 2 is 1.97 bits per heavy atom. The zero-order valence-corrected chi connectivity index (χ0v) is 17.1. The number of nitrogen functional groups attached to an aromatic ring is 1. The summed E-state index contributed by atoms with van der Waals surface area (Å²) in [7, 11) is 1.57. The van der Waals surface area contributed by atoms with Crippen molar-refractivity contribution < 1.29 is 9.53 Å². The van der Waals surface area contributed by atoms with Crippen molar-refractivity contribution in [1.82, 2.24) is 9.55 Å². The first-order valence-electron chi connectivity index (χ1n) is 9.54. The molecule has 0 atom stereocenters. The maximum absolute atomic E-state index is 13.0. The van der Waals surface area contributed by atoms with Crippen molar-refractivity contribution in [3.63, 3.8) is 0 Å². The van der Waals surface area contributed by atoms with Gasteiger partial charge in [0.25, 0.3) is 11.5 Å². The summed E-state index contributed by atoms with van der Waals surface area (Å²) in [6, 6.07) is 9.27. The number of carbonyl (C=O) groups excluding carboxylic acids is 1. The molecule has 1 amide bonds. The normalized spacial score (nSPS) is 11.5. The van der Waals surface area contributed by atoms with Gasteiger partial charge in [-0.25, -0.2) is 4.79 Å². The molecule has 0 unspecified atom stereocenters. The summed E-state index contributed by atoms with van der Waals surface area (Å²) in [5, 5.41) is 0. The van der Waals surface area contributed by atoms with E-state index < -0.39 is 11.2 Å². The molecule has 0 aliphatic carbocycles. The molecule has 1 aromatic carbocycles. The van der Waals surface area contributed by atoms with Crippen molar-refractivity contribution in [3.8, 4) is 0 Å². The van der Waals surface area contributed by atoms with E-state index in [2.05, 4.69) is 4.98 Å². The van der Waals surface area contributed by atoms with E-state index in [0.29, 0.717) is 25.0 Å². The van der Waals surface area contributed by atoms with Gasteiger partial charge in [0.2, 0.25) is 0 Å². The third-order valence-corrected chi connectivity index (χ3v) is 4.49. The van der Waals surface area contributed by atoms with E-state index in [1.807, 2.05) is 37.3 Å². The monoisotopic (exact) mass is 400 g/mol. The summed E-state index contributed by atoms with van der Waals surface area (Å²) >= 11 is 0. The molecule has 0 aliphatic rings. The second-order valence-electron chi connectivity index (χ2n) is 6.66. The molecule has 2 aromatic rings. The fourth-order valence-electron chi connectivity index (χ4n) is 3.05. The van der Waals surface area contributed by atoms with Crippen molar-refractivity contribution in [2.75, 3.05) is 30.9 Å². The first-order valence-corrected chi connectivity index (χ1v) is 9.54. The highest BCUT2D eigenvalue weighted by Gasteiger charge is 2.24. The number of nitrogens with zero attached hydrogens (tertiary/aromatic N) is 2. The fraction of sp³-hybridized carbons (Fsp3) is 0.381. The Balaban J connectivity index is 2.55. The number of anilines is 2. The summed E-state index contributed by atoms with van der Waals surface area (Å²) in [6.07, 6.45) is 2.98. The van der Waals surface area contributed by atoms with Crippen LogP contribution in [0.15, 0.2) is 51.6 Å². The van der Waals surface area contributed by atoms with Crippen molar-refractivity contribution in [3.05, 3.63) is 68.4 Å². The van der Waals surface area contributed by atoms with Gasteiger partial charge in [0, 0.05) is 25.8 Å². The molecule has 3 N–H and O–H groups in total. The number of nitrogens with one attached hydrogen (secondary N) is 1. The predicted octanol–water partition coefficient (Wildman–Crippen LogP) is 1.89. The first kappa shape index (κ1) is 22.2. The van der Waals surface area contributed by atoms with Crippen LogP contribution in [0, 0.1) is 0 Å². The highest BCUT2D eigenvalue weighted by atomic mass is 16.5. The van der Waals surface area contributed by atoms with E-state index in [4.69, 9.17) is 10.5 Å². The highest BCUT2D eigenvalue weighted by Crippen LogP contribution is 2.20. The number of hydrogen-bond acceptors (Lipinski definition) is 5. The number of allylic oxidation sites excluding steroid dienone is 1. The van der Waals surface area contributed by atoms with E-state index in [9.17, 15) is 14.4 Å². The molecule has 0 bridgehead atoms. The van der Waals surface area contributed by atoms with Crippen LogP contribution < -0.4 is 21.9 Å². The van der Waals surface area contributed by atoms with Gasteiger partial charge in [-0.1, -0.05) is 43.3 Å². The number of methoxy groups -OCH3 is 1. The molecule has 0 aliphatic heterocycles. The summed E-state index contributed by atoms with van der Waals surface area (Å²) in [4.78, 5) is 41.7. The molecule has 8 nitrogen and oxygen atoms in total. The Morgan fingerprint density at radius 1 is 1.28 bits per heavy atom. The molecule has 29 heavy (non-hydrogen) atoms. The van der Waals surface area contributed by atoms with Crippen LogP contribution in [0.5, 0.6) is 0 Å². The van der Waals surface area contributed by atoms with Crippen LogP contribution in [0.2, 0.25) is 0 Å². The lowest BCUT2D eigenvalue weighted by Gasteiger charge is -2.25. The lowest BCUT2D eigenvalue weighted by atomic mass is 10.2. The number of H-pyrrole nitrogens is 1. The van der Waals surface area contributed by atoms with Crippen LogP contribution in [0.25, 0.3) is 0 Å². The number of ether oxygens (including phenoxy) is 1. The highest BCUT2D eigenvalue weighted by molar-refractivity contribution is 6.06. The Labute approximate surface area is 169 Å². The number of benzene rings is 1. The average Bonchev–Trinajstić information content (AvgIpc) is 2.70. The number of amides is 1. The van der Waals surface area contributed by atoms with E-state index in [0.717, 1.165) is 5.56 Å². The van der Waals surface area contributed by atoms with Crippen molar-refractivity contribution >= 4 is 17.4 Å². The zero-order chi connectivity index (χ0) is 21.4. The third-order valence-electron chi connectivity index (χ3n) is 4.49. The number of aromatic amines is 1. The van der Waals surface area contributed by atoms with Gasteiger partial charge in [0.05, 0.1) is 6.54 Å². The van der Waals surface area contributed by atoms with Gasteiger partial charge in [-0.3, -0.25) is 19.1 Å². The number of carbonyl (C=O) groups is 1. The molecule has 2 rings (SSSR count).